The van der Waals surface area contributed by atoms with Crippen molar-refractivity contribution >= 4 is 5.91 Å². The van der Waals surface area contributed by atoms with Gasteiger partial charge in [-0.15, -0.1) is 5.10 Å². The van der Waals surface area contributed by atoms with Crippen molar-refractivity contribution in [3.05, 3.63) is 57.9 Å². The lowest BCUT2D eigenvalue weighted by molar-refractivity contribution is 0.0950. The highest BCUT2D eigenvalue weighted by Crippen LogP contribution is 2.36. The molecule has 0 spiro atoms. The Balaban J connectivity index is 1.51. The van der Waals surface area contributed by atoms with Gasteiger partial charge in [-0.3, -0.25) is 9.36 Å². The van der Waals surface area contributed by atoms with Crippen LogP contribution in [-0.2, 0) is 6.54 Å². The van der Waals surface area contributed by atoms with Crippen molar-refractivity contribution in [2.75, 3.05) is 13.7 Å². The van der Waals surface area contributed by atoms with Crippen LogP contribution in [0.1, 0.15) is 40.8 Å². The van der Waals surface area contributed by atoms with Gasteiger partial charge in [0.05, 0.1) is 19.2 Å². The molecule has 0 radical (unpaired) electrons. The van der Waals surface area contributed by atoms with E-state index in [1.807, 2.05) is 24.3 Å². The fourth-order valence-electron chi connectivity index (χ4n) is 3.39. The third-order valence-corrected chi connectivity index (χ3v) is 5.03. The third kappa shape index (κ3) is 3.83. The lowest BCUT2D eigenvalue weighted by atomic mass is 10.2. The minimum absolute atomic E-state index is 0.150. The van der Waals surface area contributed by atoms with Gasteiger partial charge < -0.3 is 14.5 Å². The molecule has 1 N–H and O–H groups in total. The number of aromatic nitrogens is 3. The molecule has 1 fully saturated rings. The molecule has 8 nitrogen and oxygen atoms in total. The van der Waals surface area contributed by atoms with Gasteiger partial charge in [0.15, 0.2) is 5.82 Å². The Bertz CT molecular complexity index is 1090. The van der Waals surface area contributed by atoms with E-state index in [1.54, 1.807) is 31.6 Å². The summed E-state index contributed by atoms with van der Waals surface area (Å²) in [4.78, 5) is 25.2. The zero-order valence-electron chi connectivity index (χ0n) is 16.8. The van der Waals surface area contributed by atoms with Crippen LogP contribution >= 0.6 is 0 Å². The molecule has 0 saturated heterocycles. The molecule has 0 atom stereocenters. The van der Waals surface area contributed by atoms with Gasteiger partial charge in [0.1, 0.15) is 17.3 Å². The van der Waals surface area contributed by atoms with Gasteiger partial charge in [0, 0.05) is 18.2 Å². The second kappa shape index (κ2) is 7.62. The molecule has 0 unspecified atom stereocenters. The average molecular weight is 396 g/mol. The molecule has 3 aromatic rings. The maximum Gasteiger partial charge on any atom is 0.346 e. The Labute approximate surface area is 168 Å². The molecular formula is C21H24N4O4. The van der Waals surface area contributed by atoms with Gasteiger partial charge in [-0.1, -0.05) is 0 Å². The molecule has 2 aromatic heterocycles. The lowest BCUT2D eigenvalue weighted by Crippen LogP contribution is -2.32. The first-order valence-electron chi connectivity index (χ1n) is 9.67. The molecule has 8 heteroatoms. The van der Waals surface area contributed by atoms with Gasteiger partial charge in [0.25, 0.3) is 5.91 Å². The molecule has 1 amide bonds. The Kier molecular flexibility index (Phi) is 5.00. The summed E-state index contributed by atoms with van der Waals surface area (Å²) >= 11 is 0. The summed E-state index contributed by atoms with van der Waals surface area (Å²) < 4.78 is 13.8. The van der Waals surface area contributed by atoms with Crippen LogP contribution in [0.5, 0.6) is 5.75 Å². The number of methoxy groups -OCH3 is 1. The van der Waals surface area contributed by atoms with Crippen molar-refractivity contribution in [3.63, 3.8) is 0 Å². The van der Waals surface area contributed by atoms with E-state index in [0.717, 1.165) is 24.2 Å². The quantitative estimate of drug-likeness (QED) is 0.663. The summed E-state index contributed by atoms with van der Waals surface area (Å²) in [7, 11) is 1.62. The predicted molar refractivity (Wildman–Crippen MR) is 107 cm³/mol. The molecule has 1 aliphatic carbocycles. The van der Waals surface area contributed by atoms with Crippen molar-refractivity contribution in [3.8, 4) is 17.1 Å². The van der Waals surface area contributed by atoms with E-state index in [0.29, 0.717) is 36.0 Å². The van der Waals surface area contributed by atoms with Gasteiger partial charge in [-0.2, -0.15) is 0 Å². The number of nitrogens with one attached hydrogen (secondary N) is 1. The normalized spacial score (nSPS) is 13.5. The van der Waals surface area contributed by atoms with Crippen LogP contribution in [0.2, 0.25) is 0 Å². The van der Waals surface area contributed by atoms with Crippen molar-refractivity contribution in [2.45, 2.75) is 39.3 Å². The predicted octanol–water partition coefficient (Wildman–Crippen LogP) is 2.70. The SMILES string of the molecule is COc1ccc(-c2nn(CCNC(=O)c3cc(C)oc3C)c(=O)n2C2CC2)cc1. The van der Waals surface area contributed by atoms with Gasteiger partial charge in [0.2, 0.25) is 0 Å². The second-order valence-electron chi connectivity index (χ2n) is 7.24. The Morgan fingerprint density at radius 1 is 1.28 bits per heavy atom. The number of furan rings is 1. The molecule has 1 saturated carbocycles. The topological polar surface area (TPSA) is 91.3 Å². The first kappa shape index (κ1) is 19.0. The summed E-state index contributed by atoms with van der Waals surface area (Å²) in [6, 6.07) is 9.41. The summed E-state index contributed by atoms with van der Waals surface area (Å²) in [5.41, 5.74) is 1.22. The van der Waals surface area contributed by atoms with Crippen LogP contribution in [0, 0.1) is 13.8 Å². The summed E-state index contributed by atoms with van der Waals surface area (Å²) in [6.45, 7) is 4.15. The van der Waals surface area contributed by atoms with E-state index in [9.17, 15) is 9.59 Å². The summed E-state index contributed by atoms with van der Waals surface area (Å²) in [6.07, 6.45) is 1.95. The van der Waals surface area contributed by atoms with Crippen molar-refractivity contribution < 1.29 is 13.9 Å². The van der Waals surface area contributed by atoms with Crippen LogP contribution in [0.3, 0.4) is 0 Å². The monoisotopic (exact) mass is 396 g/mol. The first-order chi connectivity index (χ1) is 14.0. The molecular weight excluding hydrogens is 372 g/mol. The van der Waals surface area contributed by atoms with E-state index in [2.05, 4.69) is 10.4 Å². The molecule has 1 aromatic carbocycles. The van der Waals surface area contributed by atoms with Crippen LogP contribution in [0.25, 0.3) is 11.4 Å². The number of amides is 1. The lowest BCUT2D eigenvalue weighted by Gasteiger charge is -2.04. The average Bonchev–Trinajstić information content (AvgIpc) is 3.41. The number of ether oxygens (including phenoxy) is 1. The van der Waals surface area contributed by atoms with E-state index in [1.165, 1.54) is 4.68 Å². The number of rotatable bonds is 7. The van der Waals surface area contributed by atoms with Crippen LogP contribution < -0.4 is 15.7 Å². The molecule has 2 heterocycles. The van der Waals surface area contributed by atoms with Gasteiger partial charge in [-0.25, -0.2) is 9.48 Å². The maximum absolute atomic E-state index is 12.9. The fraction of sp³-hybridized carbons (Fsp3) is 0.381. The number of hydrogen-bond acceptors (Lipinski definition) is 5. The van der Waals surface area contributed by atoms with Crippen molar-refractivity contribution in [1.29, 1.82) is 0 Å². The highest BCUT2D eigenvalue weighted by molar-refractivity contribution is 5.95. The highest BCUT2D eigenvalue weighted by atomic mass is 16.5. The maximum atomic E-state index is 12.9. The standard InChI is InChI=1S/C21H24N4O4/c1-13-12-18(14(2)29-13)20(26)22-10-11-24-21(27)25(16-6-7-16)19(23-24)15-4-8-17(28-3)9-5-15/h4-5,8-9,12,16H,6-7,10-11H2,1-3H3,(H,22,26). The van der Waals surface area contributed by atoms with Crippen LogP contribution in [0.15, 0.2) is 39.5 Å². The van der Waals surface area contributed by atoms with Crippen molar-refractivity contribution in [2.24, 2.45) is 0 Å². The number of benzene rings is 1. The Morgan fingerprint density at radius 2 is 2.00 bits per heavy atom. The number of carbonyl (C=O) groups excluding carboxylic acids is 1. The highest BCUT2D eigenvalue weighted by Gasteiger charge is 2.30. The van der Waals surface area contributed by atoms with Crippen molar-refractivity contribution in [1.82, 2.24) is 19.7 Å². The number of aryl methyl sites for hydroxylation is 2. The van der Waals surface area contributed by atoms with E-state index in [4.69, 9.17) is 9.15 Å². The van der Waals surface area contributed by atoms with E-state index < -0.39 is 0 Å². The molecule has 1 aliphatic rings. The smallest absolute Gasteiger partial charge is 0.346 e. The zero-order valence-corrected chi connectivity index (χ0v) is 16.8. The number of carbonyl (C=O) groups is 1. The summed E-state index contributed by atoms with van der Waals surface area (Å²) in [5.74, 6) is 2.45. The molecule has 0 aliphatic heterocycles. The Hall–Kier alpha value is -3.29. The van der Waals surface area contributed by atoms with Gasteiger partial charge in [-0.05, 0) is 57.0 Å². The van der Waals surface area contributed by atoms with E-state index >= 15 is 0 Å². The zero-order chi connectivity index (χ0) is 20.5. The molecule has 152 valence electrons. The minimum Gasteiger partial charge on any atom is -0.497 e. The van der Waals surface area contributed by atoms with E-state index in [-0.39, 0.29) is 17.6 Å². The number of hydrogen-bond donors (Lipinski definition) is 1. The first-order valence-corrected chi connectivity index (χ1v) is 9.67. The third-order valence-electron chi connectivity index (χ3n) is 5.03. The fourth-order valence-corrected chi connectivity index (χ4v) is 3.39. The number of nitrogens with zero attached hydrogens (tertiary/aromatic N) is 3. The molecule has 4 rings (SSSR count). The van der Waals surface area contributed by atoms with Crippen LogP contribution in [-0.4, -0.2) is 33.9 Å². The minimum atomic E-state index is -0.218. The van der Waals surface area contributed by atoms with Crippen LogP contribution in [0.4, 0.5) is 0 Å². The molecule has 29 heavy (non-hydrogen) atoms. The van der Waals surface area contributed by atoms with Gasteiger partial charge >= 0.3 is 5.69 Å². The largest absolute Gasteiger partial charge is 0.497 e. The molecule has 0 bridgehead atoms. The Morgan fingerprint density at radius 3 is 2.59 bits per heavy atom. The second-order valence-corrected chi connectivity index (χ2v) is 7.24. The summed E-state index contributed by atoms with van der Waals surface area (Å²) in [5, 5.41) is 7.38.